The van der Waals surface area contributed by atoms with Crippen LogP contribution in [0.15, 0.2) is 18.2 Å². The molecule has 0 amide bonds. The van der Waals surface area contributed by atoms with Crippen molar-refractivity contribution >= 4 is 17.2 Å². The summed E-state index contributed by atoms with van der Waals surface area (Å²) in [6.45, 7) is 7.21. The Kier molecular flexibility index (Phi) is 4.65. The Morgan fingerprint density at radius 3 is 2.60 bits per heavy atom. The number of ketones is 1. The SMILES string of the molecule is CCN1CCC(N(C)c2ccc(N)c(C(C)=O)c2)CC1. The molecular weight excluding hydrogens is 250 g/mol. The van der Waals surface area contributed by atoms with Crippen molar-refractivity contribution in [2.75, 3.05) is 37.3 Å². The molecule has 0 aliphatic carbocycles. The number of hydrogen-bond donors (Lipinski definition) is 1. The van der Waals surface area contributed by atoms with Crippen molar-refractivity contribution in [1.82, 2.24) is 4.90 Å². The third kappa shape index (κ3) is 3.12. The summed E-state index contributed by atoms with van der Waals surface area (Å²) in [6, 6.07) is 6.31. The highest BCUT2D eigenvalue weighted by Crippen LogP contribution is 2.25. The first-order valence-electron chi connectivity index (χ1n) is 7.38. The highest BCUT2D eigenvalue weighted by Gasteiger charge is 2.22. The molecule has 0 unspecified atom stereocenters. The van der Waals surface area contributed by atoms with Gasteiger partial charge in [-0.1, -0.05) is 6.92 Å². The molecule has 2 rings (SSSR count). The van der Waals surface area contributed by atoms with Gasteiger partial charge in [0.05, 0.1) is 0 Å². The number of nitrogens with two attached hydrogens (primary N) is 1. The summed E-state index contributed by atoms with van der Waals surface area (Å²) >= 11 is 0. The first-order valence-corrected chi connectivity index (χ1v) is 7.38. The van der Waals surface area contributed by atoms with Crippen molar-refractivity contribution in [3.8, 4) is 0 Å². The third-order valence-electron chi connectivity index (χ3n) is 4.38. The molecule has 1 fully saturated rings. The number of carbonyl (C=O) groups is 1. The highest BCUT2D eigenvalue weighted by molar-refractivity contribution is 6.00. The average Bonchev–Trinajstić information content (AvgIpc) is 2.47. The van der Waals surface area contributed by atoms with Crippen LogP contribution in [-0.2, 0) is 0 Å². The molecule has 1 aliphatic rings. The van der Waals surface area contributed by atoms with Gasteiger partial charge < -0.3 is 15.5 Å². The summed E-state index contributed by atoms with van der Waals surface area (Å²) in [6.07, 6.45) is 2.34. The smallest absolute Gasteiger partial charge is 0.161 e. The van der Waals surface area contributed by atoms with E-state index >= 15 is 0 Å². The van der Waals surface area contributed by atoms with Crippen LogP contribution in [-0.4, -0.2) is 43.4 Å². The van der Waals surface area contributed by atoms with Crippen LogP contribution in [0.1, 0.15) is 37.0 Å². The summed E-state index contributed by atoms with van der Waals surface area (Å²) in [4.78, 5) is 16.4. The predicted molar refractivity (Wildman–Crippen MR) is 84.4 cm³/mol. The zero-order chi connectivity index (χ0) is 14.7. The predicted octanol–water partition coefficient (Wildman–Crippen LogP) is 2.39. The molecule has 2 N–H and O–H groups in total. The van der Waals surface area contributed by atoms with E-state index in [0.717, 1.165) is 25.3 Å². The Bertz CT molecular complexity index is 479. The van der Waals surface area contributed by atoms with E-state index in [1.54, 1.807) is 6.92 Å². The van der Waals surface area contributed by atoms with E-state index in [1.807, 2.05) is 18.2 Å². The van der Waals surface area contributed by atoms with Crippen molar-refractivity contribution in [3.05, 3.63) is 23.8 Å². The van der Waals surface area contributed by atoms with Gasteiger partial charge in [-0.25, -0.2) is 0 Å². The molecule has 0 saturated carbocycles. The maximum Gasteiger partial charge on any atom is 0.161 e. The quantitative estimate of drug-likeness (QED) is 0.677. The molecule has 1 saturated heterocycles. The Labute approximate surface area is 121 Å². The minimum atomic E-state index is 0.0264. The maximum atomic E-state index is 11.6. The second kappa shape index (κ2) is 6.27. The van der Waals surface area contributed by atoms with Crippen molar-refractivity contribution < 1.29 is 4.79 Å². The first kappa shape index (κ1) is 14.9. The topological polar surface area (TPSA) is 49.6 Å². The molecule has 1 heterocycles. The number of benzene rings is 1. The number of rotatable bonds is 4. The van der Waals surface area contributed by atoms with Crippen LogP contribution < -0.4 is 10.6 Å². The zero-order valence-electron chi connectivity index (χ0n) is 12.7. The number of likely N-dealkylation sites (tertiary alicyclic amines) is 1. The zero-order valence-corrected chi connectivity index (χ0v) is 12.7. The van der Waals surface area contributed by atoms with Crippen LogP contribution in [0.5, 0.6) is 0 Å². The number of Topliss-reactive ketones (excluding diaryl/α,β-unsaturated/α-hetero) is 1. The molecule has 1 aliphatic heterocycles. The lowest BCUT2D eigenvalue weighted by Gasteiger charge is -2.37. The van der Waals surface area contributed by atoms with E-state index in [4.69, 9.17) is 5.73 Å². The molecule has 0 bridgehead atoms. The molecule has 1 aromatic rings. The van der Waals surface area contributed by atoms with Gasteiger partial charge in [-0.15, -0.1) is 0 Å². The fourth-order valence-corrected chi connectivity index (χ4v) is 2.90. The highest BCUT2D eigenvalue weighted by atomic mass is 16.1. The maximum absolute atomic E-state index is 11.6. The second-order valence-corrected chi connectivity index (χ2v) is 5.60. The number of anilines is 2. The second-order valence-electron chi connectivity index (χ2n) is 5.60. The first-order chi connectivity index (χ1) is 9.52. The van der Waals surface area contributed by atoms with Crippen molar-refractivity contribution in [1.29, 1.82) is 0 Å². The lowest BCUT2D eigenvalue weighted by Crippen LogP contribution is -2.43. The van der Waals surface area contributed by atoms with Crippen molar-refractivity contribution in [2.24, 2.45) is 0 Å². The molecule has 4 nitrogen and oxygen atoms in total. The van der Waals surface area contributed by atoms with Crippen LogP contribution in [0, 0.1) is 0 Å². The Morgan fingerprint density at radius 2 is 2.05 bits per heavy atom. The van der Waals surface area contributed by atoms with Gasteiger partial charge in [-0.05, 0) is 44.5 Å². The van der Waals surface area contributed by atoms with E-state index in [-0.39, 0.29) is 5.78 Å². The molecule has 1 aromatic carbocycles. The summed E-state index contributed by atoms with van der Waals surface area (Å²) in [5.74, 6) is 0.0264. The largest absolute Gasteiger partial charge is 0.398 e. The summed E-state index contributed by atoms with van der Waals surface area (Å²) in [7, 11) is 2.11. The van der Waals surface area contributed by atoms with Crippen LogP contribution in [0.25, 0.3) is 0 Å². The monoisotopic (exact) mass is 275 g/mol. The van der Waals surface area contributed by atoms with Gasteiger partial charge in [-0.3, -0.25) is 4.79 Å². The number of piperidine rings is 1. The van der Waals surface area contributed by atoms with Gasteiger partial charge in [0.25, 0.3) is 0 Å². The molecule has 0 aromatic heterocycles. The molecule has 20 heavy (non-hydrogen) atoms. The standard InChI is InChI=1S/C16H25N3O/c1-4-19-9-7-13(8-10-19)18(3)14-5-6-16(17)15(11-14)12(2)20/h5-6,11,13H,4,7-10,17H2,1-3H3. The average molecular weight is 275 g/mol. The van der Waals surface area contributed by atoms with Crippen molar-refractivity contribution in [2.45, 2.75) is 32.7 Å². The van der Waals surface area contributed by atoms with E-state index in [2.05, 4.69) is 23.8 Å². The minimum absolute atomic E-state index is 0.0264. The number of nitrogens with zero attached hydrogens (tertiary/aromatic N) is 2. The van der Waals surface area contributed by atoms with Gasteiger partial charge in [0.15, 0.2) is 5.78 Å². The minimum Gasteiger partial charge on any atom is -0.398 e. The molecule has 4 heteroatoms. The number of nitrogen functional groups attached to an aromatic ring is 1. The summed E-state index contributed by atoms with van der Waals surface area (Å²) in [5.41, 5.74) is 8.13. The molecule has 0 spiro atoms. The fraction of sp³-hybridized carbons (Fsp3) is 0.562. The summed E-state index contributed by atoms with van der Waals surface area (Å²) in [5, 5.41) is 0. The number of hydrogen-bond acceptors (Lipinski definition) is 4. The molecule has 0 atom stereocenters. The Morgan fingerprint density at radius 1 is 1.40 bits per heavy atom. The normalized spacial score (nSPS) is 17.1. The lowest BCUT2D eigenvalue weighted by molar-refractivity contribution is 0.101. The van der Waals surface area contributed by atoms with Crippen LogP contribution in [0.2, 0.25) is 0 Å². The number of carbonyl (C=O) groups excluding carboxylic acids is 1. The fourth-order valence-electron chi connectivity index (χ4n) is 2.90. The lowest BCUT2D eigenvalue weighted by atomic mass is 10.0. The molecule has 0 radical (unpaired) electrons. The summed E-state index contributed by atoms with van der Waals surface area (Å²) < 4.78 is 0. The Balaban J connectivity index is 2.11. The van der Waals surface area contributed by atoms with Gasteiger partial charge in [-0.2, -0.15) is 0 Å². The van der Waals surface area contributed by atoms with Crippen LogP contribution in [0.3, 0.4) is 0 Å². The van der Waals surface area contributed by atoms with E-state index in [0.29, 0.717) is 17.3 Å². The molecular formula is C16H25N3O. The van der Waals surface area contributed by atoms with Gasteiger partial charge in [0, 0.05) is 43.1 Å². The van der Waals surface area contributed by atoms with Gasteiger partial charge >= 0.3 is 0 Å². The van der Waals surface area contributed by atoms with Crippen LogP contribution >= 0.6 is 0 Å². The Hall–Kier alpha value is -1.55. The van der Waals surface area contributed by atoms with E-state index in [1.165, 1.54) is 12.8 Å². The van der Waals surface area contributed by atoms with Crippen molar-refractivity contribution in [3.63, 3.8) is 0 Å². The molecule has 110 valence electrons. The van der Waals surface area contributed by atoms with E-state index in [9.17, 15) is 4.79 Å². The van der Waals surface area contributed by atoms with Crippen LogP contribution in [0.4, 0.5) is 11.4 Å². The van der Waals surface area contributed by atoms with Gasteiger partial charge in [0.1, 0.15) is 0 Å². The third-order valence-corrected chi connectivity index (χ3v) is 4.38. The van der Waals surface area contributed by atoms with Gasteiger partial charge in [0.2, 0.25) is 0 Å². The van der Waals surface area contributed by atoms with E-state index < -0.39 is 0 Å².